The van der Waals surface area contributed by atoms with Crippen molar-refractivity contribution in [2.45, 2.75) is 31.8 Å². The van der Waals surface area contributed by atoms with E-state index in [1.54, 1.807) is 7.11 Å². The fourth-order valence-electron chi connectivity index (χ4n) is 2.18. The minimum atomic E-state index is -0.0528. The van der Waals surface area contributed by atoms with Crippen LogP contribution >= 0.6 is 0 Å². The molecule has 0 aromatic rings. The number of carbonyl (C=O) groups is 1. The molecule has 0 spiro atoms. The van der Waals surface area contributed by atoms with Gasteiger partial charge >= 0.3 is 0 Å². The zero-order valence-electron chi connectivity index (χ0n) is 11.2. The largest absolute Gasteiger partial charge is 0.383 e. The summed E-state index contributed by atoms with van der Waals surface area (Å²) >= 11 is 0. The van der Waals surface area contributed by atoms with Crippen LogP contribution in [0.1, 0.15) is 19.8 Å². The number of rotatable bonds is 6. The van der Waals surface area contributed by atoms with Crippen LogP contribution in [0.4, 0.5) is 0 Å². The van der Waals surface area contributed by atoms with Crippen molar-refractivity contribution in [2.24, 2.45) is 0 Å². The molecule has 1 fully saturated rings. The highest BCUT2D eigenvalue weighted by atomic mass is 16.5. The second kappa shape index (κ2) is 7.63. The standard InChI is InChI=1S/C12H25N3O2/c1-10(12(16)14-6-8-17-3)15-7-4-5-11(9-15)13-2/h10-11,13H,4-9H2,1-3H3,(H,14,16). The first-order valence-electron chi connectivity index (χ1n) is 6.37. The Morgan fingerprint density at radius 2 is 2.35 bits per heavy atom. The quantitative estimate of drug-likeness (QED) is 0.636. The topological polar surface area (TPSA) is 53.6 Å². The highest BCUT2D eigenvalue weighted by Crippen LogP contribution is 2.12. The number of hydrogen-bond donors (Lipinski definition) is 2. The van der Waals surface area contributed by atoms with E-state index in [-0.39, 0.29) is 11.9 Å². The predicted molar refractivity (Wildman–Crippen MR) is 68.0 cm³/mol. The molecular weight excluding hydrogens is 218 g/mol. The van der Waals surface area contributed by atoms with Gasteiger partial charge in [-0.2, -0.15) is 0 Å². The van der Waals surface area contributed by atoms with Gasteiger partial charge in [0.25, 0.3) is 0 Å². The molecule has 1 amide bonds. The van der Waals surface area contributed by atoms with E-state index in [9.17, 15) is 4.79 Å². The summed E-state index contributed by atoms with van der Waals surface area (Å²) in [5.74, 6) is 0.0961. The fraction of sp³-hybridized carbons (Fsp3) is 0.917. The average Bonchev–Trinajstić information content (AvgIpc) is 2.38. The van der Waals surface area contributed by atoms with Crippen LogP contribution in [0.25, 0.3) is 0 Å². The summed E-state index contributed by atoms with van der Waals surface area (Å²) in [5.41, 5.74) is 0. The number of nitrogens with zero attached hydrogens (tertiary/aromatic N) is 1. The van der Waals surface area contributed by atoms with Crippen LogP contribution in [0, 0.1) is 0 Å². The molecule has 1 aliphatic heterocycles. The van der Waals surface area contributed by atoms with Crippen molar-refractivity contribution in [3.63, 3.8) is 0 Å². The second-order valence-corrected chi connectivity index (χ2v) is 4.58. The van der Waals surface area contributed by atoms with Gasteiger partial charge in [0.05, 0.1) is 12.6 Å². The third-order valence-electron chi connectivity index (χ3n) is 3.39. The normalized spacial score (nSPS) is 23.4. The van der Waals surface area contributed by atoms with Crippen LogP contribution < -0.4 is 10.6 Å². The summed E-state index contributed by atoms with van der Waals surface area (Å²) in [6, 6.07) is 0.459. The number of hydrogen-bond acceptors (Lipinski definition) is 4. The first-order valence-corrected chi connectivity index (χ1v) is 6.37. The SMILES string of the molecule is CNC1CCCN(C(C)C(=O)NCCOC)C1. The van der Waals surface area contributed by atoms with Gasteiger partial charge in [0, 0.05) is 26.2 Å². The zero-order chi connectivity index (χ0) is 12.7. The van der Waals surface area contributed by atoms with Crippen molar-refractivity contribution in [3.05, 3.63) is 0 Å². The Hall–Kier alpha value is -0.650. The van der Waals surface area contributed by atoms with Crippen LogP contribution in [0.15, 0.2) is 0 Å². The zero-order valence-corrected chi connectivity index (χ0v) is 11.2. The maximum atomic E-state index is 11.9. The van der Waals surface area contributed by atoms with E-state index in [0.29, 0.717) is 19.2 Å². The van der Waals surface area contributed by atoms with Crippen LogP contribution in [0.2, 0.25) is 0 Å². The van der Waals surface area contributed by atoms with E-state index in [2.05, 4.69) is 15.5 Å². The average molecular weight is 243 g/mol. The Morgan fingerprint density at radius 1 is 1.59 bits per heavy atom. The molecule has 0 aliphatic carbocycles. The summed E-state index contributed by atoms with van der Waals surface area (Å²) in [6.07, 6.45) is 2.35. The third-order valence-corrected chi connectivity index (χ3v) is 3.39. The number of likely N-dealkylation sites (tertiary alicyclic amines) is 1. The molecule has 0 radical (unpaired) electrons. The molecule has 1 heterocycles. The number of likely N-dealkylation sites (N-methyl/N-ethyl adjacent to an activating group) is 1. The molecule has 2 unspecified atom stereocenters. The van der Waals surface area contributed by atoms with Gasteiger partial charge in [-0.15, -0.1) is 0 Å². The van der Waals surface area contributed by atoms with Crippen LogP contribution in [-0.2, 0) is 9.53 Å². The molecule has 0 aromatic carbocycles. The molecule has 1 rings (SSSR count). The van der Waals surface area contributed by atoms with E-state index < -0.39 is 0 Å². The van der Waals surface area contributed by atoms with Crippen molar-refractivity contribution in [3.8, 4) is 0 Å². The lowest BCUT2D eigenvalue weighted by atomic mass is 10.0. The van der Waals surface area contributed by atoms with Gasteiger partial charge in [0.15, 0.2) is 0 Å². The molecule has 5 heteroatoms. The van der Waals surface area contributed by atoms with Crippen LogP contribution in [0.3, 0.4) is 0 Å². The maximum absolute atomic E-state index is 11.9. The van der Waals surface area contributed by atoms with E-state index in [1.807, 2.05) is 14.0 Å². The number of ether oxygens (including phenoxy) is 1. The highest BCUT2D eigenvalue weighted by Gasteiger charge is 2.26. The summed E-state index contributed by atoms with van der Waals surface area (Å²) in [7, 11) is 3.62. The lowest BCUT2D eigenvalue weighted by Gasteiger charge is -2.35. The smallest absolute Gasteiger partial charge is 0.237 e. The molecule has 0 aromatic heterocycles. The van der Waals surface area contributed by atoms with Gasteiger partial charge in [0.1, 0.15) is 0 Å². The molecule has 1 saturated heterocycles. The molecular formula is C12H25N3O2. The molecule has 5 nitrogen and oxygen atoms in total. The van der Waals surface area contributed by atoms with Gasteiger partial charge in [-0.3, -0.25) is 9.69 Å². The molecule has 0 saturated carbocycles. The van der Waals surface area contributed by atoms with E-state index in [0.717, 1.165) is 19.5 Å². The van der Waals surface area contributed by atoms with E-state index in [1.165, 1.54) is 6.42 Å². The third kappa shape index (κ3) is 4.61. The Kier molecular flexibility index (Phi) is 6.47. The Balaban J connectivity index is 2.34. The van der Waals surface area contributed by atoms with Crippen molar-refractivity contribution in [1.29, 1.82) is 0 Å². The van der Waals surface area contributed by atoms with Gasteiger partial charge < -0.3 is 15.4 Å². The van der Waals surface area contributed by atoms with Crippen molar-refractivity contribution in [1.82, 2.24) is 15.5 Å². The van der Waals surface area contributed by atoms with Crippen molar-refractivity contribution in [2.75, 3.05) is 40.4 Å². The highest BCUT2D eigenvalue weighted by molar-refractivity contribution is 5.81. The van der Waals surface area contributed by atoms with Crippen molar-refractivity contribution < 1.29 is 9.53 Å². The molecule has 2 atom stereocenters. The van der Waals surface area contributed by atoms with E-state index >= 15 is 0 Å². The molecule has 2 N–H and O–H groups in total. The molecule has 1 aliphatic rings. The molecule has 0 bridgehead atoms. The Bertz CT molecular complexity index is 236. The maximum Gasteiger partial charge on any atom is 0.237 e. The fourth-order valence-corrected chi connectivity index (χ4v) is 2.18. The molecule has 100 valence electrons. The number of carbonyl (C=O) groups excluding carboxylic acids is 1. The number of piperidine rings is 1. The Morgan fingerprint density at radius 3 is 3.00 bits per heavy atom. The summed E-state index contributed by atoms with van der Waals surface area (Å²) < 4.78 is 4.91. The monoisotopic (exact) mass is 243 g/mol. The van der Waals surface area contributed by atoms with E-state index in [4.69, 9.17) is 4.74 Å². The second-order valence-electron chi connectivity index (χ2n) is 4.58. The van der Waals surface area contributed by atoms with Crippen molar-refractivity contribution >= 4 is 5.91 Å². The summed E-state index contributed by atoms with van der Waals surface area (Å²) in [5, 5.41) is 6.17. The van der Waals surface area contributed by atoms with Gasteiger partial charge in [-0.05, 0) is 33.4 Å². The number of amides is 1. The van der Waals surface area contributed by atoms with Crippen LogP contribution in [0.5, 0.6) is 0 Å². The first kappa shape index (κ1) is 14.4. The lowest BCUT2D eigenvalue weighted by molar-refractivity contribution is -0.126. The van der Waals surface area contributed by atoms with Gasteiger partial charge in [-0.1, -0.05) is 0 Å². The van der Waals surface area contributed by atoms with Gasteiger partial charge in [-0.25, -0.2) is 0 Å². The van der Waals surface area contributed by atoms with Gasteiger partial charge in [0.2, 0.25) is 5.91 Å². The Labute approximate surface area is 104 Å². The molecule has 17 heavy (non-hydrogen) atoms. The predicted octanol–water partition coefficient (Wildman–Crippen LogP) is -0.179. The minimum absolute atomic E-state index is 0.0528. The summed E-state index contributed by atoms with van der Waals surface area (Å²) in [6.45, 7) is 5.09. The minimum Gasteiger partial charge on any atom is -0.383 e. The lowest BCUT2D eigenvalue weighted by Crippen LogP contribution is -2.53. The number of methoxy groups -OCH3 is 1. The van der Waals surface area contributed by atoms with Crippen LogP contribution in [-0.4, -0.2) is 63.3 Å². The summed E-state index contributed by atoms with van der Waals surface area (Å²) in [4.78, 5) is 14.1. The first-order chi connectivity index (χ1) is 8.19. The number of nitrogens with one attached hydrogen (secondary N) is 2.